The Labute approximate surface area is 183 Å². The fourth-order valence-electron chi connectivity index (χ4n) is 3.34. The zero-order chi connectivity index (χ0) is 22.5. The van der Waals surface area contributed by atoms with Crippen molar-refractivity contribution in [2.45, 2.75) is 26.1 Å². The van der Waals surface area contributed by atoms with E-state index in [-0.39, 0.29) is 37.4 Å². The van der Waals surface area contributed by atoms with Crippen molar-refractivity contribution in [3.05, 3.63) is 95.3 Å². The Morgan fingerprint density at radius 1 is 0.656 bits per heavy atom. The Kier molecular flexibility index (Phi) is 6.12. The second-order valence-corrected chi connectivity index (χ2v) is 7.14. The predicted molar refractivity (Wildman–Crippen MR) is 113 cm³/mol. The maximum Gasteiger partial charge on any atom is 0.357 e. The summed E-state index contributed by atoms with van der Waals surface area (Å²) < 4.78 is 11.7. The van der Waals surface area contributed by atoms with Crippen LogP contribution < -0.4 is 5.01 Å². The number of esters is 2. The van der Waals surface area contributed by atoms with Crippen LogP contribution in [-0.2, 0) is 32.3 Å². The fourth-order valence-corrected chi connectivity index (χ4v) is 3.34. The van der Waals surface area contributed by atoms with Gasteiger partial charge in [0.2, 0.25) is 11.8 Å². The smallest absolute Gasteiger partial charge is 0.357 e. The molecule has 4 rings (SSSR count). The molecule has 8 heteroatoms. The lowest BCUT2D eigenvalue weighted by Crippen LogP contribution is -2.43. The molecule has 0 bridgehead atoms. The number of hydrogen-bond acceptors (Lipinski definition) is 6. The average Bonchev–Trinajstić information content (AvgIpc) is 3.39. The summed E-state index contributed by atoms with van der Waals surface area (Å²) in [6.45, 7) is 0.00106. The summed E-state index contributed by atoms with van der Waals surface area (Å²) in [5, 5.41) is 0.804. The Balaban J connectivity index is 1.59. The van der Waals surface area contributed by atoms with Crippen LogP contribution in [0.4, 0.5) is 0 Å². The number of hydrogen-bond donors (Lipinski definition) is 0. The van der Waals surface area contributed by atoms with Crippen molar-refractivity contribution < 1.29 is 28.7 Å². The lowest BCUT2D eigenvalue weighted by Gasteiger charge is -2.20. The van der Waals surface area contributed by atoms with E-state index in [9.17, 15) is 19.2 Å². The van der Waals surface area contributed by atoms with Crippen LogP contribution in [0.5, 0.6) is 0 Å². The van der Waals surface area contributed by atoms with Crippen LogP contribution >= 0.6 is 0 Å². The highest BCUT2D eigenvalue weighted by atomic mass is 16.5. The molecule has 2 heterocycles. The van der Waals surface area contributed by atoms with Crippen LogP contribution in [0.3, 0.4) is 0 Å². The average molecular weight is 432 g/mol. The molecular formula is C24H20N2O6. The molecule has 0 aliphatic carbocycles. The number of amides is 2. The number of nitrogens with zero attached hydrogens (tertiary/aromatic N) is 2. The minimum absolute atomic E-state index is 0.000529. The first-order chi connectivity index (χ1) is 15.5. The number of ether oxygens (including phenoxy) is 2. The molecule has 162 valence electrons. The van der Waals surface area contributed by atoms with Gasteiger partial charge in [0.1, 0.15) is 24.6 Å². The Bertz CT molecular complexity index is 1060. The van der Waals surface area contributed by atoms with Gasteiger partial charge in [-0.05, 0) is 23.3 Å². The van der Waals surface area contributed by atoms with Crippen LogP contribution in [0.2, 0.25) is 0 Å². The highest BCUT2D eigenvalue weighted by molar-refractivity contribution is 6.15. The normalized spacial score (nSPS) is 13.3. The van der Waals surface area contributed by atoms with Crippen molar-refractivity contribution in [2.75, 3.05) is 5.01 Å². The van der Waals surface area contributed by atoms with Crippen molar-refractivity contribution >= 4 is 23.8 Å². The van der Waals surface area contributed by atoms with Crippen molar-refractivity contribution in [1.29, 1.82) is 0 Å². The lowest BCUT2D eigenvalue weighted by atomic mass is 10.2. The highest BCUT2D eigenvalue weighted by Gasteiger charge is 2.36. The molecule has 2 amide bonds. The molecule has 2 aromatic carbocycles. The highest BCUT2D eigenvalue weighted by Crippen LogP contribution is 2.20. The first kappa shape index (κ1) is 21.0. The number of benzene rings is 2. The van der Waals surface area contributed by atoms with Crippen LogP contribution in [0.1, 0.15) is 44.9 Å². The fraction of sp³-hybridized carbons (Fsp3) is 0.167. The monoisotopic (exact) mass is 432 g/mol. The third-order valence-corrected chi connectivity index (χ3v) is 4.92. The summed E-state index contributed by atoms with van der Waals surface area (Å²) in [6, 6.07) is 20.8. The van der Waals surface area contributed by atoms with Gasteiger partial charge in [0, 0.05) is 12.8 Å². The van der Waals surface area contributed by atoms with E-state index in [4.69, 9.17) is 9.47 Å². The molecule has 0 saturated carbocycles. The van der Waals surface area contributed by atoms with Crippen LogP contribution in [0.25, 0.3) is 0 Å². The molecule has 8 nitrogen and oxygen atoms in total. The largest absolute Gasteiger partial charge is 0.456 e. The third kappa shape index (κ3) is 4.44. The van der Waals surface area contributed by atoms with E-state index in [2.05, 4.69) is 0 Å². The third-order valence-electron chi connectivity index (χ3n) is 4.92. The molecular weight excluding hydrogens is 412 g/mol. The van der Waals surface area contributed by atoms with Gasteiger partial charge in [-0.15, -0.1) is 0 Å². The maximum absolute atomic E-state index is 12.8. The van der Waals surface area contributed by atoms with Gasteiger partial charge in [-0.2, -0.15) is 5.01 Å². The number of imide groups is 1. The Hall–Kier alpha value is -4.20. The molecule has 0 unspecified atom stereocenters. The summed E-state index contributed by atoms with van der Waals surface area (Å²) in [6.07, 6.45) is -0.0119. The zero-order valence-corrected chi connectivity index (χ0v) is 17.1. The molecule has 0 radical (unpaired) electrons. The molecule has 1 fully saturated rings. The molecule has 0 spiro atoms. The molecule has 0 N–H and O–H groups in total. The number of aromatic nitrogens is 1. The van der Waals surface area contributed by atoms with Gasteiger partial charge in [0.05, 0.1) is 0 Å². The van der Waals surface area contributed by atoms with Crippen molar-refractivity contribution in [2.24, 2.45) is 0 Å². The lowest BCUT2D eigenvalue weighted by molar-refractivity contribution is -0.123. The van der Waals surface area contributed by atoms with Crippen molar-refractivity contribution in [3.63, 3.8) is 0 Å². The summed E-state index contributed by atoms with van der Waals surface area (Å²) in [7, 11) is 0. The van der Waals surface area contributed by atoms with E-state index in [0.717, 1.165) is 20.8 Å². The standard InChI is InChI=1S/C24H20N2O6/c27-21-13-14-22(28)26(21)25-19(23(29)31-15-17-7-3-1-4-8-17)11-12-20(25)24(30)32-16-18-9-5-2-6-10-18/h1-12H,13-16H2. The van der Waals surface area contributed by atoms with E-state index in [1.165, 1.54) is 12.1 Å². The zero-order valence-electron chi connectivity index (χ0n) is 17.1. The quantitative estimate of drug-likeness (QED) is 0.421. The van der Waals surface area contributed by atoms with Gasteiger partial charge in [-0.25, -0.2) is 14.3 Å². The first-order valence-corrected chi connectivity index (χ1v) is 10.0. The second kappa shape index (κ2) is 9.30. The summed E-state index contributed by atoms with van der Waals surface area (Å²) in [5.74, 6) is -2.58. The maximum atomic E-state index is 12.8. The number of carbonyl (C=O) groups excluding carboxylic acids is 4. The SMILES string of the molecule is O=C(OCc1ccccc1)c1ccc(C(=O)OCc2ccccc2)n1N1C(=O)CCC1=O. The van der Waals surface area contributed by atoms with E-state index >= 15 is 0 Å². The van der Waals surface area contributed by atoms with Gasteiger partial charge in [0.15, 0.2) is 0 Å². The van der Waals surface area contributed by atoms with Crippen molar-refractivity contribution in [1.82, 2.24) is 4.68 Å². The Morgan fingerprint density at radius 3 is 1.47 bits per heavy atom. The van der Waals surface area contributed by atoms with Gasteiger partial charge < -0.3 is 9.47 Å². The predicted octanol–water partition coefficient (Wildman–Crippen LogP) is 2.99. The van der Waals surface area contributed by atoms with Crippen LogP contribution in [-0.4, -0.2) is 28.4 Å². The van der Waals surface area contributed by atoms with E-state index in [1.54, 1.807) is 24.3 Å². The number of rotatable bonds is 7. The van der Waals surface area contributed by atoms with Crippen molar-refractivity contribution in [3.8, 4) is 0 Å². The molecule has 1 aliphatic rings. The molecule has 1 aliphatic heterocycles. The Morgan fingerprint density at radius 2 is 1.06 bits per heavy atom. The van der Waals surface area contributed by atoms with Crippen LogP contribution in [0, 0.1) is 0 Å². The van der Waals surface area contributed by atoms with E-state index in [1.807, 2.05) is 36.4 Å². The van der Waals surface area contributed by atoms with Crippen LogP contribution in [0.15, 0.2) is 72.8 Å². The first-order valence-electron chi connectivity index (χ1n) is 10.0. The summed E-state index contributed by atoms with van der Waals surface area (Å²) in [4.78, 5) is 50.3. The van der Waals surface area contributed by atoms with Gasteiger partial charge >= 0.3 is 11.9 Å². The summed E-state index contributed by atoms with van der Waals surface area (Å²) in [5.41, 5.74) is 1.32. The van der Waals surface area contributed by atoms with E-state index in [0.29, 0.717) is 0 Å². The minimum atomic E-state index is -0.775. The molecule has 32 heavy (non-hydrogen) atoms. The molecule has 0 atom stereocenters. The molecule has 1 saturated heterocycles. The molecule has 3 aromatic rings. The van der Waals surface area contributed by atoms with Gasteiger partial charge in [-0.3, -0.25) is 9.59 Å². The van der Waals surface area contributed by atoms with Gasteiger partial charge in [-0.1, -0.05) is 60.7 Å². The minimum Gasteiger partial charge on any atom is -0.456 e. The second-order valence-electron chi connectivity index (χ2n) is 7.14. The summed E-state index contributed by atoms with van der Waals surface area (Å²) >= 11 is 0. The van der Waals surface area contributed by atoms with E-state index < -0.39 is 23.8 Å². The number of carbonyl (C=O) groups is 4. The topological polar surface area (TPSA) is 94.9 Å². The van der Waals surface area contributed by atoms with Gasteiger partial charge in [0.25, 0.3) is 0 Å². The molecule has 1 aromatic heterocycles.